The first kappa shape index (κ1) is 49.5. The third kappa shape index (κ3) is 11.2. The maximum absolute atomic E-state index is 10.1. The highest BCUT2D eigenvalue weighted by Crippen LogP contribution is 2.61. The maximum Gasteiger partial charge on any atom is 0.192 e. The zero-order valence-electron chi connectivity index (χ0n) is 38.8. The molecule has 0 amide bonds. The SMILES string of the molecule is C=C1/C(=C/C=C2\CCC[C@]3(C)[C@@H]([C@H](C)/C=C/I)CC[C@@H]23)C[C@@H](C)C[C@@H]1O[Si](C)(C)C(C)(C)C.C=C1/C(=C/C=C2\CCC[C@]3(C)[C@@H]([C@H](C)/C=C/I)CC[C@@H]23)C[C@@H](O)C[C@@H]1O. The van der Waals surface area contributed by atoms with Crippen LogP contribution in [0.1, 0.15) is 145 Å². The van der Waals surface area contributed by atoms with Crippen LogP contribution in [-0.4, -0.2) is 36.8 Å². The van der Waals surface area contributed by atoms with Crippen molar-refractivity contribution in [2.45, 2.75) is 182 Å². The molecule has 330 valence electrons. The highest BCUT2D eigenvalue weighted by Gasteiger charge is 2.51. The minimum atomic E-state index is -1.81. The average Bonchev–Trinajstić information content (AvgIpc) is 3.70. The Morgan fingerprint density at radius 2 is 1.22 bits per heavy atom. The Hall–Kier alpha value is -0.523. The van der Waals surface area contributed by atoms with Crippen LogP contribution in [0, 0.1) is 52.3 Å². The van der Waals surface area contributed by atoms with Gasteiger partial charge in [0.2, 0.25) is 0 Å². The van der Waals surface area contributed by atoms with Crippen molar-refractivity contribution < 1.29 is 14.6 Å². The molecule has 0 spiro atoms. The lowest BCUT2D eigenvalue weighted by atomic mass is 9.61. The van der Waals surface area contributed by atoms with E-state index >= 15 is 0 Å². The quantitative estimate of drug-likeness (QED) is 0.188. The molecule has 0 aliphatic heterocycles. The predicted molar refractivity (Wildman–Crippen MR) is 273 cm³/mol. The van der Waals surface area contributed by atoms with E-state index in [4.69, 9.17) is 4.43 Å². The molecule has 6 heteroatoms. The number of fused-ring (bicyclic) bond motifs is 2. The molecule has 0 aromatic carbocycles. The van der Waals surface area contributed by atoms with Crippen molar-refractivity contribution in [2.24, 2.45) is 52.3 Å². The lowest BCUT2D eigenvalue weighted by molar-refractivity contribution is 0.0862. The van der Waals surface area contributed by atoms with Gasteiger partial charge in [-0.2, -0.15) is 0 Å². The van der Waals surface area contributed by atoms with E-state index in [9.17, 15) is 10.2 Å². The molecule has 59 heavy (non-hydrogen) atoms. The third-order valence-electron chi connectivity index (χ3n) is 17.1. The van der Waals surface area contributed by atoms with Crippen LogP contribution in [0.2, 0.25) is 18.1 Å². The van der Waals surface area contributed by atoms with Gasteiger partial charge in [0.1, 0.15) is 0 Å². The molecule has 0 radical (unpaired) electrons. The summed E-state index contributed by atoms with van der Waals surface area (Å²) in [6.45, 7) is 32.7. The highest BCUT2D eigenvalue weighted by atomic mass is 127. The molecule has 0 heterocycles. The van der Waals surface area contributed by atoms with E-state index in [1.54, 1.807) is 11.1 Å². The number of aliphatic hydroxyl groups is 2. The molecule has 6 aliphatic rings. The second-order valence-electron chi connectivity index (χ2n) is 22.0. The molecule has 3 nitrogen and oxygen atoms in total. The first-order valence-electron chi connectivity index (χ1n) is 23.4. The minimum absolute atomic E-state index is 0.188. The van der Waals surface area contributed by atoms with Crippen molar-refractivity contribution in [1.29, 1.82) is 0 Å². The van der Waals surface area contributed by atoms with Crippen molar-refractivity contribution >= 4 is 53.5 Å². The number of halogens is 2. The summed E-state index contributed by atoms with van der Waals surface area (Å²) in [6, 6.07) is 0. The van der Waals surface area contributed by atoms with Crippen LogP contribution in [0.25, 0.3) is 0 Å². The molecular formula is C53H82I2O3Si. The number of allylic oxidation sites excluding steroid dienone is 8. The molecule has 6 fully saturated rings. The molecule has 6 aliphatic carbocycles. The van der Waals surface area contributed by atoms with Gasteiger partial charge in [-0.3, -0.25) is 0 Å². The Bertz CT molecular complexity index is 1690. The lowest BCUT2D eigenvalue weighted by Crippen LogP contribution is -2.45. The van der Waals surface area contributed by atoms with E-state index in [0.717, 1.165) is 41.7 Å². The standard InChI is InChI=1S/C30H49IOSi.C23H33IO2/c1-21-19-25(23(3)28(20-21)32-33(8,9)29(4,5)6)13-12-24-11-10-17-30(7)26(14-15-27(24)30)22(2)16-18-31;1-15(10-12-24)20-8-9-21-17(5-4-11-23(20,21)3)6-7-18-13-19(25)14-22(26)16(18)2/h12-13,16,18,21-22,26-28H,3,10-11,14-15,17,19-20H2,1-2,4-9H3;6-7,10,12,15,19-22,25-26H,2,4-5,8-9,11,13-14H2,1,3H3/b18-16+,24-12+,25-13+;12-10+,17-6+,18-7+/t21-,22-,26-,27+,28+,30-;15-,19-,20-,21+,22+,23-/m11/s1. The van der Waals surface area contributed by atoms with Gasteiger partial charge in [0, 0.05) is 6.42 Å². The van der Waals surface area contributed by atoms with E-state index in [1.165, 1.54) is 75.4 Å². The molecule has 0 saturated heterocycles. The predicted octanol–water partition coefficient (Wildman–Crippen LogP) is 15.7. The zero-order valence-corrected chi connectivity index (χ0v) is 44.1. The van der Waals surface area contributed by atoms with Crippen molar-refractivity contribution in [3.05, 3.63) is 91.2 Å². The second-order valence-corrected chi connectivity index (χ2v) is 28.2. The number of hydrogen-bond donors (Lipinski definition) is 2. The molecule has 0 unspecified atom stereocenters. The van der Waals surface area contributed by atoms with E-state index in [2.05, 4.69) is 171 Å². The molecule has 12 atom stereocenters. The summed E-state index contributed by atoms with van der Waals surface area (Å²) in [5.41, 5.74) is 8.64. The van der Waals surface area contributed by atoms with Crippen molar-refractivity contribution in [1.82, 2.24) is 0 Å². The summed E-state index contributed by atoms with van der Waals surface area (Å²) in [5, 5.41) is 20.3. The Morgan fingerprint density at radius 1 is 0.746 bits per heavy atom. The van der Waals surface area contributed by atoms with Crippen LogP contribution >= 0.6 is 45.2 Å². The van der Waals surface area contributed by atoms with Crippen LogP contribution in [0.4, 0.5) is 0 Å². The molecule has 0 bridgehead atoms. The van der Waals surface area contributed by atoms with Gasteiger partial charge in [0.05, 0.1) is 18.3 Å². The molecular weight excluding hydrogens is 966 g/mol. The fourth-order valence-electron chi connectivity index (χ4n) is 12.6. The molecule has 0 aromatic rings. The summed E-state index contributed by atoms with van der Waals surface area (Å²) in [4.78, 5) is 0. The first-order valence-corrected chi connectivity index (χ1v) is 28.8. The van der Waals surface area contributed by atoms with Gasteiger partial charge in [-0.25, -0.2) is 0 Å². The molecule has 0 aromatic heterocycles. The summed E-state index contributed by atoms with van der Waals surface area (Å²) >= 11 is 4.72. The Labute approximate surface area is 390 Å². The summed E-state index contributed by atoms with van der Waals surface area (Å²) in [5.74, 6) is 5.00. The molecule has 6 rings (SSSR count). The Balaban J connectivity index is 0.000000230. The van der Waals surface area contributed by atoms with E-state index < -0.39 is 20.5 Å². The smallest absolute Gasteiger partial charge is 0.192 e. The minimum Gasteiger partial charge on any atom is -0.410 e. The fraction of sp³-hybridized carbons (Fsp3) is 0.698. The van der Waals surface area contributed by atoms with Gasteiger partial charge in [-0.15, -0.1) is 0 Å². The Morgan fingerprint density at radius 3 is 1.68 bits per heavy atom. The molecule has 2 N–H and O–H groups in total. The topological polar surface area (TPSA) is 49.7 Å². The normalized spacial score (nSPS) is 39.6. The zero-order chi connectivity index (χ0) is 43.5. The van der Waals surface area contributed by atoms with Crippen LogP contribution in [0.3, 0.4) is 0 Å². The fourth-order valence-corrected chi connectivity index (χ4v) is 15.2. The summed E-state index contributed by atoms with van der Waals surface area (Å²) in [7, 11) is -1.81. The molecule has 6 saturated carbocycles. The highest BCUT2D eigenvalue weighted by molar-refractivity contribution is 14.1. The van der Waals surface area contributed by atoms with E-state index in [-0.39, 0.29) is 11.1 Å². The maximum atomic E-state index is 10.1. The monoisotopic (exact) mass is 1050 g/mol. The van der Waals surface area contributed by atoms with Crippen LogP contribution in [0.5, 0.6) is 0 Å². The van der Waals surface area contributed by atoms with Gasteiger partial charge in [-0.1, -0.05) is 161 Å². The number of aliphatic hydroxyl groups excluding tert-OH is 2. The Kier molecular flexibility index (Phi) is 17.2. The van der Waals surface area contributed by atoms with Crippen LogP contribution in [-0.2, 0) is 4.43 Å². The van der Waals surface area contributed by atoms with Crippen molar-refractivity contribution in [3.8, 4) is 0 Å². The van der Waals surface area contributed by atoms with Gasteiger partial charge < -0.3 is 14.6 Å². The number of rotatable bonds is 8. The van der Waals surface area contributed by atoms with Gasteiger partial charge in [0.25, 0.3) is 0 Å². The van der Waals surface area contributed by atoms with E-state index in [0.29, 0.717) is 47.3 Å². The van der Waals surface area contributed by atoms with Crippen LogP contribution in [0.15, 0.2) is 91.2 Å². The van der Waals surface area contributed by atoms with E-state index in [1.807, 2.05) is 0 Å². The van der Waals surface area contributed by atoms with Crippen molar-refractivity contribution in [3.63, 3.8) is 0 Å². The van der Waals surface area contributed by atoms with Crippen LogP contribution < -0.4 is 0 Å². The second kappa shape index (κ2) is 20.5. The summed E-state index contributed by atoms with van der Waals surface area (Å²) in [6.07, 6.45) is 29.8. The van der Waals surface area contributed by atoms with Gasteiger partial charge in [-0.05, 0) is 184 Å². The number of hydrogen-bond acceptors (Lipinski definition) is 3. The van der Waals surface area contributed by atoms with Gasteiger partial charge >= 0.3 is 0 Å². The summed E-state index contributed by atoms with van der Waals surface area (Å²) < 4.78 is 11.3. The third-order valence-corrected chi connectivity index (χ3v) is 22.4. The van der Waals surface area contributed by atoms with Crippen molar-refractivity contribution in [2.75, 3.05) is 0 Å². The first-order chi connectivity index (χ1) is 27.7. The lowest BCUT2D eigenvalue weighted by Gasteiger charge is -2.44. The van der Waals surface area contributed by atoms with Gasteiger partial charge in [0.15, 0.2) is 8.32 Å². The average molecular weight is 1050 g/mol. The largest absolute Gasteiger partial charge is 0.410 e.